The molecule has 2 unspecified atom stereocenters. The molecule has 4 N–H and O–H groups in total. The smallest absolute Gasteiger partial charge is 0.332 e. The molecule has 0 saturated heterocycles. The lowest BCUT2D eigenvalue weighted by Gasteiger charge is -2.38. The van der Waals surface area contributed by atoms with E-state index in [0.717, 1.165) is 13.0 Å². The second-order valence-electron chi connectivity index (χ2n) is 10.1. The number of nitrogens with two attached hydrogens (primary N) is 2. The van der Waals surface area contributed by atoms with Gasteiger partial charge in [-0.1, -0.05) is 49.6 Å². The van der Waals surface area contributed by atoms with Crippen molar-refractivity contribution in [1.82, 2.24) is 5.01 Å². The Morgan fingerprint density at radius 3 is 2.31 bits per heavy atom. The minimum atomic E-state index is -2.36. The van der Waals surface area contributed by atoms with Crippen molar-refractivity contribution in [2.24, 2.45) is 17.5 Å². The molecular formula is C23H43N3O2Si. The van der Waals surface area contributed by atoms with Crippen LogP contribution in [0.15, 0.2) is 30.3 Å². The van der Waals surface area contributed by atoms with Gasteiger partial charge in [-0.25, -0.2) is 5.01 Å². The molecule has 0 amide bonds. The highest BCUT2D eigenvalue weighted by atomic mass is 28.4. The van der Waals surface area contributed by atoms with Crippen LogP contribution in [-0.4, -0.2) is 44.4 Å². The van der Waals surface area contributed by atoms with E-state index < -0.39 is 8.56 Å². The third-order valence-electron chi connectivity index (χ3n) is 5.41. The lowest BCUT2D eigenvalue weighted by atomic mass is 9.89. The van der Waals surface area contributed by atoms with Crippen LogP contribution in [-0.2, 0) is 15.3 Å². The summed E-state index contributed by atoms with van der Waals surface area (Å²) < 4.78 is 12.9. The van der Waals surface area contributed by atoms with Gasteiger partial charge in [0.25, 0.3) is 0 Å². The Morgan fingerprint density at radius 1 is 1.10 bits per heavy atom. The first-order valence-electron chi connectivity index (χ1n) is 11.2. The maximum atomic E-state index is 6.66. The molecule has 166 valence electrons. The zero-order valence-corrected chi connectivity index (χ0v) is 20.2. The van der Waals surface area contributed by atoms with Gasteiger partial charge in [-0.05, 0) is 64.6 Å². The van der Waals surface area contributed by atoms with E-state index in [0.29, 0.717) is 12.5 Å². The summed E-state index contributed by atoms with van der Waals surface area (Å²) in [5.74, 6) is 7.15. The van der Waals surface area contributed by atoms with Gasteiger partial charge in [-0.2, -0.15) is 0 Å². The number of benzene rings is 1. The summed E-state index contributed by atoms with van der Waals surface area (Å²) in [6.07, 6.45) is 7.18. The lowest BCUT2D eigenvalue weighted by molar-refractivity contribution is 0.0232. The van der Waals surface area contributed by atoms with Crippen molar-refractivity contribution < 1.29 is 8.85 Å². The van der Waals surface area contributed by atoms with Gasteiger partial charge >= 0.3 is 8.56 Å². The topological polar surface area (TPSA) is 73.7 Å². The molecule has 1 aliphatic rings. The van der Waals surface area contributed by atoms with E-state index >= 15 is 0 Å². The molecule has 29 heavy (non-hydrogen) atoms. The largest absolute Gasteiger partial charge is 0.390 e. The van der Waals surface area contributed by atoms with Crippen LogP contribution in [0, 0.1) is 5.92 Å². The van der Waals surface area contributed by atoms with Crippen molar-refractivity contribution in [1.29, 1.82) is 0 Å². The Balaban J connectivity index is 2.04. The number of nitrogens with zero attached hydrogens (tertiary/aromatic N) is 1. The van der Waals surface area contributed by atoms with E-state index in [2.05, 4.69) is 58.1 Å². The second-order valence-corrected chi connectivity index (χ2v) is 13.3. The van der Waals surface area contributed by atoms with Crippen molar-refractivity contribution in [3.63, 3.8) is 0 Å². The predicted molar refractivity (Wildman–Crippen MR) is 124 cm³/mol. The number of hydrogen-bond acceptors (Lipinski definition) is 5. The quantitative estimate of drug-likeness (QED) is 0.336. The van der Waals surface area contributed by atoms with Gasteiger partial charge in [-0.15, -0.1) is 0 Å². The Kier molecular flexibility index (Phi) is 9.32. The fraction of sp³-hybridized carbons (Fsp3) is 0.739. The van der Waals surface area contributed by atoms with Crippen LogP contribution in [0.5, 0.6) is 0 Å². The monoisotopic (exact) mass is 421 g/mol. The van der Waals surface area contributed by atoms with Gasteiger partial charge in [0, 0.05) is 19.1 Å². The molecule has 1 aliphatic carbocycles. The standard InChI is InChI=1S/C23H43N3O2Si/c1-23(2,3)28-29(4,5)27-22(21(24)16-19-12-8-6-9-13-19)18-26(25)17-20-14-10-7-11-15-20/h6,8-9,12-13,20-22H,7,10-11,14-18,24-25H2,1-5H3. The Bertz CT molecular complexity index is 586. The van der Waals surface area contributed by atoms with Crippen molar-refractivity contribution >= 4 is 8.56 Å². The number of rotatable bonds is 10. The molecule has 0 aromatic heterocycles. The van der Waals surface area contributed by atoms with Crippen LogP contribution in [0.25, 0.3) is 0 Å². The Hall–Kier alpha value is -0.763. The van der Waals surface area contributed by atoms with E-state index in [1.165, 1.54) is 37.7 Å². The van der Waals surface area contributed by atoms with Gasteiger partial charge in [0.2, 0.25) is 0 Å². The minimum Gasteiger partial charge on any atom is -0.390 e. The van der Waals surface area contributed by atoms with Crippen molar-refractivity contribution in [3.8, 4) is 0 Å². The van der Waals surface area contributed by atoms with E-state index in [-0.39, 0.29) is 17.7 Å². The van der Waals surface area contributed by atoms with Crippen molar-refractivity contribution in [3.05, 3.63) is 35.9 Å². The first-order valence-corrected chi connectivity index (χ1v) is 14.0. The molecule has 1 aromatic rings. The average Bonchev–Trinajstić information content (AvgIpc) is 2.60. The summed E-state index contributed by atoms with van der Waals surface area (Å²) >= 11 is 0. The minimum absolute atomic E-state index is 0.134. The van der Waals surface area contributed by atoms with Crippen LogP contribution in [0.1, 0.15) is 58.4 Å². The molecule has 0 aliphatic heterocycles. The molecule has 0 heterocycles. The second kappa shape index (κ2) is 11.0. The maximum absolute atomic E-state index is 6.66. The van der Waals surface area contributed by atoms with Crippen molar-refractivity contribution in [2.75, 3.05) is 13.1 Å². The van der Waals surface area contributed by atoms with Crippen LogP contribution in [0.4, 0.5) is 0 Å². The molecule has 0 radical (unpaired) electrons. The zero-order chi connectivity index (χ0) is 21.5. The third-order valence-corrected chi connectivity index (χ3v) is 7.39. The summed E-state index contributed by atoms with van der Waals surface area (Å²) in [6, 6.07) is 10.2. The van der Waals surface area contributed by atoms with Gasteiger partial charge in [0.05, 0.1) is 11.7 Å². The average molecular weight is 422 g/mol. The molecular weight excluding hydrogens is 378 g/mol. The van der Waals surface area contributed by atoms with Gasteiger partial charge in [0.1, 0.15) is 0 Å². The summed E-state index contributed by atoms with van der Waals surface area (Å²) in [5.41, 5.74) is 7.64. The highest BCUT2D eigenvalue weighted by Crippen LogP contribution is 2.25. The lowest BCUT2D eigenvalue weighted by Crippen LogP contribution is -2.55. The molecule has 0 bridgehead atoms. The highest BCUT2D eigenvalue weighted by molar-refractivity contribution is 6.64. The van der Waals surface area contributed by atoms with E-state index in [1.807, 2.05) is 11.1 Å². The molecule has 2 rings (SSSR count). The third kappa shape index (κ3) is 9.72. The van der Waals surface area contributed by atoms with Crippen molar-refractivity contribution in [2.45, 2.75) is 90.1 Å². The van der Waals surface area contributed by atoms with Gasteiger partial charge < -0.3 is 14.6 Å². The molecule has 1 fully saturated rings. The molecule has 5 nitrogen and oxygen atoms in total. The SMILES string of the molecule is CC(C)(C)O[Si](C)(C)OC(CN(N)CC1CCCCC1)C(N)Cc1ccccc1. The van der Waals surface area contributed by atoms with E-state index in [1.54, 1.807) is 0 Å². The Labute approximate surface area is 179 Å². The normalized spacial score (nSPS) is 18.8. The van der Waals surface area contributed by atoms with Crippen LogP contribution < -0.4 is 11.6 Å². The summed E-state index contributed by atoms with van der Waals surface area (Å²) in [5, 5.41) is 1.94. The fourth-order valence-corrected chi connectivity index (χ4v) is 6.91. The molecule has 6 heteroatoms. The van der Waals surface area contributed by atoms with E-state index in [4.69, 9.17) is 20.4 Å². The van der Waals surface area contributed by atoms with Crippen LogP contribution in [0.2, 0.25) is 13.1 Å². The molecule has 0 spiro atoms. The first kappa shape index (κ1) is 24.5. The molecule has 1 saturated carbocycles. The first-order chi connectivity index (χ1) is 13.5. The Morgan fingerprint density at radius 2 is 1.72 bits per heavy atom. The predicted octanol–water partition coefficient (Wildman–Crippen LogP) is 4.21. The summed E-state index contributed by atoms with van der Waals surface area (Å²) in [7, 11) is -2.36. The van der Waals surface area contributed by atoms with Crippen LogP contribution in [0.3, 0.4) is 0 Å². The number of hydrazine groups is 1. The van der Waals surface area contributed by atoms with E-state index in [9.17, 15) is 0 Å². The zero-order valence-electron chi connectivity index (χ0n) is 19.2. The van der Waals surface area contributed by atoms with Gasteiger partial charge in [0.15, 0.2) is 0 Å². The molecule has 1 aromatic carbocycles. The maximum Gasteiger partial charge on any atom is 0.332 e. The molecule has 2 atom stereocenters. The fourth-order valence-electron chi connectivity index (χ4n) is 4.41. The summed E-state index contributed by atoms with van der Waals surface area (Å²) in [6.45, 7) is 12.0. The highest BCUT2D eigenvalue weighted by Gasteiger charge is 2.36. The van der Waals surface area contributed by atoms with Gasteiger partial charge in [-0.3, -0.25) is 5.84 Å². The number of hydrogen-bond donors (Lipinski definition) is 2. The van der Waals surface area contributed by atoms with Crippen LogP contribution >= 0.6 is 0 Å². The summed E-state index contributed by atoms with van der Waals surface area (Å²) in [4.78, 5) is 0.